The van der Waals surface area contributed by atoms with Crippen LogP contribution in [-0.4, -0.2) is 18.3 Å². The van der Waals surface area contributed by atoms with Crippen LogP contribution >= 0.6 is 11.8 Å². The number of ether oxygens (including phenoxy) is 1. The smallest absolute Gasteiger partial charge is 0.306 e. The molecule has 0 radical (unpaired) electrons. The largest absolute Gasteiger partial charge is 0.466 e. The fraction of sp³-hybridized carbons (Fsp3) is 0.500. The molecule has 6 heteroatoms. The summed E-state index contributed by atoms with van der Waals surface area (Å²) in [4.78, 5) is 10.9. The summed E-state index contributed by atoms with van der Waals surface area (Å²) >= 11 is 1.17. The molecule has 78 valence electrons. The number of nitrogens with two attached hydrogens (primary N) is 2. The van der Waals surface area contributed by atoms with Crippen LogP contribution < -0.4 is 11.5 Å². The number of allylic oxidation sites excluding steroid dienone is 1. The van der Waals surface area contributed by atoms with E-state index in [0.717, 1.165) is 0 Å². The van der Waals surface area contributed by atoms with Crippen LogP contribution in [0.2, 0.25) is 0 Å². The third-order valence-corrected chi connectivity index (χ3v) is 2.19. The summed E-state index contributed by atoms with van der Waals surface area (Å²) in [5.41, 5.74) is 10.7. The van der Waals surface area contributed by atoms with Crippen molar-refractivity contribution in [3.63, 3.8) is 0 Å². The first-order valence-electron chi connectivity index (χ1n) is 4.05. The van der Waals surface area contributed by atoms with Gasteiger partial charge in [-0.3, -0.25) is 4.79 Å². The van der Waals surface area contributed by atoms with Crippen LogP contribution in [0, 0.1) is 11.3 Å². The molecule has 4 N–H and O–H groups in total. The lowest BCUT2D eigenvalue weighted by Crippen LogP contribution is -2.08. The lowest BCUT2D eigenvalue weighted by Gasteiger charge is -2.02. The normalized spacial score (nSPS) is 11.4. The van der Waals surface area contributed by atoms with E-state index in [9.17, 15) is 4.79 Å². The summed E-state index contributed by atoms with van der Waals surface area (Å²) in [5, 5.41) is 8.63. The summed E-state index contributed by atoms with van der Waals surface area (Å²) in [6, 6.07) is 1.72. The summed E-state index contributed by atoms with van der Waals surface area (Å²) in [6.07, 6.45) is 0.262. The van der Waals surface area contributed by atoms with Crippen LogP contribution in [0.3, 0.4) is 0 Å². The first kappa shape index (κ1) is 12.7. The van der Waals surface area contributed by atoms with Gasteiger partial charge in [-0.15, -0.1) is 11.8 Å². The van der Waals surface area contributed by atoms with Crippen molar-refractivity contribution in [2.45, 2.75) is 13.3 Å². The van der Waals surface area contributed by atoms with E-state index in [4.69, 9.17) is 21.5 Å². The van der Waals surface area contributed by atoms with Crippen LogP contribution in [0.1, 0.15) is 13.3 Å². The van der Waals surface area contributed by atoms with Gasteiger partial charge in [-0.05, 0) is 6.92 Å². The van der Waals surface area contributed by atoms with Crippen LogP contribution in [0.15, 0.2) is 10.7 Å². The Labute approximate surface area is 87.1 Å². The summed E-state index contributed by atoms with van der Waals surface area (Å²) in [7, 11) is 0. The van der Waals surface area contributed by atoms with Crippen molar-refractivity contribution < 1.29 is 9.53 Å². The molecule has 0 aliphatic carbocycles. The van der Waals surface area contributed by atoms with Gasteiger partial charge in [0.25, 0.3) is 0 Å². The van der Waals surface area contributed by atoms with Crippen molar-refractivity contribution in [1.29, 1.82) is 5.26 Å². The number of hydrogen-bond acceptors (Lipinski definition) is 6. The number of esters is 1. The molecule has 14 heavy (non-hydrogen) atoms. The minimum Gasteiger partial charge on any atom is -0.466 e. The van der Waals surface area contributed by atoms with Crippen molar-refractivity contribution in [3.05, 3.63) is 10.7 Å². The van der Waals surface area contributed by atoms with Crippen LogP contribution in [0.25, 0.3) is 0 Å². The monoisotopic (exact) mass is 215 g/mol. The Kier molecular flexibility index (Phi) is 6.41. The Morgan fingerprint density at radius 3 is 2.71 bits per heavy atom. The zero-order valence-corrected chi connectivity index (χ0v) is 8.76. The number of hydrogen-bond donors (Lipinski definition) is 2. The summed E-state index contributed by atoms with van der Waals surface area (Å²) in [6.45, 7) is 2.11. The van der Waals surface area contributed by atoms with Gasteiger partial charge in [0.1, 0.15) is 16.8 Å². The lowest BCUT2D eigenvalue weighted by molar-refractivity contribution is -0.142. The summed E-state index contributed by atoms with van der Waals surface area (Å²) < 4.78 is 4.71. The van der Waals surface area contributed by atoms with Gasteiger partial charge in [0, 0.05) is 5.75 Å². The Hall–Kier alpha value is -1.35. The van der Waals surface area contributed by atoms with E-state index in [-0.39, 0.29) is 23.1 Å². The highest BCUT2D eigenvalue weighted by atomic mass is 32.2. The molecule has 0 spiro atoms. The van der Waals surface area contributed by atoms with E-state index in [1.807, 2.05) is 0 Å². The quantitative estimate of drug-likeness (QED) is 0.504. The van der Waals surface area contributed by atoms with Gasteiger partial charge in [0.15, 0.2) is 0 Å². The molecule has 0 saturated carbocycles. The molecule has 0 saturated heterocycles. The highest BCUT2D eigenvalue weighted by molar-refractivity contribution is 8.03. The molecular weight excluding hydrogens is 202 g/mol. The Balaban J connectivity index is 3.76. The molecule has 0 aliphatic heterocycles. The van der Waals surface area contributed by atoms with Crippen molar-refractivity contribution >= 4 is 17.7 Å². The van der Waals surface area contributed by atoms with Gasteiger partial charge in [-0.25, -0.2) is 0 Å². The minimum absolute atomic E-state index is 0.0149. The maximum absolute atomic E-state index is 10.9. The van der Waals surface area contributed by atoms with Crippen LogP contribution in [0.4, 0.5) is 0 Å². The molecule has 5 nitrogen and oxygen atoms in total. The first-order chi connectivity index (χ1) is 6.61. The highest BCUT2D eigenvalue weighted by Gasteiger charge is 2.03. The zero-order valence-electron chi connectivity index (χ0n) is 7.95. The zero-order chi connectivity index (χ0) is 11.0. The van der Waals surface area contributed by atoms with Gasteiger partial charge in [0.05, 0.1) is 13.0 Å². The second-order valence-corrected chi connectivity index (χ2v) is 3.43. The van der Waals surface area contributed by atoms with E-state index in [1.165, 1.54) is 11.8 Å². The molecule has 0 fully saturated rings. The number of carbonyl (C=O) groups is 1. The second kappa shape index (κ2) is 7.09. The highest BCUT2D eigenvalue weighted by Crippen LogP contribution is 2.12. The molecule has 0 atom stereocenters. The topological polar surface area (TPSA) is 102 Å². The van der Waals surface area contributed by atoms with E-state index in [2.05, 4.69) is 0 Å². The fourth-order valence-electron chi connectivity index (χ4n) is 0.610. The Bertz CT molecular complexity index is 270. The van der Waals surface area contributed by atoms with Crippen molar-refractivity contribution in [3.8, 4) is 6.07 Å². The fourth-order valence-corrected chi connectivity index (χ4v) is 1.30. The van der Waals surface area contributed by atoms with Gasteiger partial charge in [-0.1, -0.05) is 0 Å². The van der Waals surface area contributed by atoms with Gasteiger partial charge in [-0.2, -0.15) is 5.26 Å². The SMILES string of the molecule is CCOC(=O)CCSC(N)=C(N)C#N. The molecule has 0 aromatic rings. The number of nitriles is 1. The molecule has 0 heterocycles. The number of thioether (sulfide) groups is 1. The molecule has 0 bridgehead atoms. The molecular formula is C8H13N3O2S. The van der Waals surface area contributed by atoms with Crippen LogP contribution in [0.5, 0.6) is 0 Å². The number of nitrogens with zero attached hydrogens (tertiary/aromatic N) is 1. The molecule has 0 rings (SSSR count). The maximum Gasteiger partial charge on any atom is 0.306 e. The van der Waals surface area contributed by atoms with Gasteiger partial charge in [0.2, 0.25) is 0 Å². The lowest BCUT2D eigenvalue weighted by atomic mass is 10.5. The van der Waals surface area contributed by atoms with Crippen LogP contribution in [-0.2, 0) is 9.53 Å². The molecule has 0 amide bonds. The van der Waals surface area contributed by atoms with E-state index in [1.54, 1.807) is 13.0 Å². The second-order valence-electron chi connectivity index (χ2n) is 2.29. The van der Waals surface area contributed by atoms with Gasteiger partial charge < -0.3 is 16.2 Å². The standard InChI is InChI=1S/C8H13N3O2S/c1-2-13-7(12)3-4-14-8(11)6(10)5-9/h2-4,10-11H2,1H3. The minimum atomic E-state index is -0.275. The molecule has 0 aromatic heterocycles. The van der Waals surface area contributed by atoms with Crippen molar-refractivity contribution in [2.75, 3.05) is 12.4 Å². The average molecular weight is 215 g/mol. The Morgan fingerprint density at radius 2 is 2.21 bits per heavy atom. The first-order valence-corrected chi connectivity index (χ1v) is 5.04. The molecule has 0 aliphatic rings. The summed E-state index contributed by atoms with van der Waals surface area (Å²) in [5.74, 6) is 0.191. The van der Waals surface area contributed by atoms with Crippen molar-refractivity contribution in [2.24, 2.45) is 11.5 Å². The van der Waals surface area contributed by atoms with E-state index < -0.39 is 0 Å². The predicted molar refractivity (Wildman–Crippen MR) is 54.7 cm³/mol. The average Bonchev–Trinajstić information content (AvgIpc) is 2.16. The van der Waals surface area contributed by atoms with Crippen molar-refractivity contribution in [1.82, 2.24) is 0 Å². The Morgan fingerprint density at radius 1 is 1.57 bits per heavy atom. The third kappa shape index (κ3) is 5.32. The van der Waals surface area contributed by atoms with Gasteiger partial charge >= 0.3 is 5.97 Å². The van der Waals surface area contributed by atoms with E-state index >= 15 is 0 Å². The number of carbonyl (C=O) groups excluding carboxylic acids is 1. The molecule has 0 aromatic carbocycles. The molecule has 0 unspecified atom stereocenters. The predicted octanol–water partition coefficient (Wildman–Crippen LogP) is 0.283. The third-order valence-electron chi connectivity index (χ3n) is 1.25. The van der Waals surface area contributed by atoms with E-state index in [0.29, 0.717) is 12.4 Å². The maximum atomic E-state index is 10.9. The number of rotatable bonds is 5.